The van der Waals surface area contributed by atoms with Crippen molar-refractivity contribution in [2.75, 3.05) is 20.8 Å². The van der Waals surface area contributed by atoms with Gasteiger partial charge in [0.25, 0.3) is 0 Å². The van der Waals surface area contributed by atoms with E-state index in [9.17, 15) is 0 Å². The third-order valence-electron chi connectivity index (χ3n) is 2.60. The second-order valence-electron chi connectivity index (χ2n) is 3.71. The van der Waals surface area contributed by atoms with Gasteiger partial charge in [-0.25, -0.2) is 0 Å². The average Bonchev–Trinajstić information content (AvgIpc) is 2.26. The Balaban J connectivity index is 2.60. The van der Waals surface area contributed by atoms with Crippen LogP contribution in [0.25, 0.3) is 0 Å². The Morgan fingerprint density at radius 2 is 1.93 bits per heavy atom. The predicted molar refractivity (Wildman–Crippen MR) is 56.5 cm³/mol. The Morgan fingerprint density at radius 3 is 2.47 bits per heavy atom. The molecule has 0 aromatic rings. The van der Waals surface area contributed by atoms with Crippen LogP contribution >= 0.6 is 0 Å². The largest absolute Gasteiger partial charge is 0.376 e. The molecule has 1 rings (SSSR count). The van der Waals surface area contributed by atoms with Gasteiger partial charge in [-0.05, 0) is 13.3 Å². The summed E-state index contributed by atoms with van der Waals surface area (Å²) in [7, 11) is 3.32. The fourth-order valence-corrected chi connectivity index (χ4v) is 1.77. The lowest BCUT2D eigenvalue weighted by atomic mass is 10.0. The molecule has 1 aliphatic heterocycles. The number of rotatable bonds is 5. The summed E-state index contributed by atoms with van der Waals surface area (Å²) in [6.07, 6.45) is 0.676. The van der Waals surface area contributed by atoms with Crippen LogP contribution in [-0.2, 0) is 18.9 Å². The summed E-state index contributed by atoms with van der Waals surface area (Å²) in [6.45, 7) is 6.46. The molecule has 15 heavy (non-hydrogen) atoms. The van der Waals surface area contributed by atoms with Gasteiger partial charge in [0.05, 0.1) is 6.10 Å². The van der Waals surface area contributed by atoms with Gasteiger partial charge in [-0.1, -0.05) is 6.92 Å². The second kappa shape index (κ2) is 6.43. The highest BCUT2D eigenvalue weighted by molar-refractivity contribution is 4.93. The van der Waals surface area contributed by atoms with Crippen LogP contribution < -0.4 is 0 Å². The fraction of sp³-hybridized carbons (Fsp3) is 0.909. The maximum atomic E-state index is 5.75. The molecule has 0 aromatic heterocycles. The Kier molecular flexibility index (Phi) is 5.53. The van der Waals surface area contributed by atoms with Crippen LogP contribution in [0.2, 0.25) is 0 Å². The summed E-state index contributed by atoms with van der Waals surface area (Å²) < 4.78 is 21.9. The normalized spacial score (nSPS) is 36.8. The Bertz CT molecular complexity index is 174. The van der Waals surface area contributed by atoms with E-state index in [-0.39, 0.29) is 24.4 Å². The van der Waals surface area contributed by atoms with E-state index < -0.39 is 0 Å². The summed E-state index contributed by atoms with van der Waals surface area (Å²) in [5, 5.41) is 0. The van der Waals surface area contributed by atoms with Gasteiger partial charge in [0.15, 0.2) is 0 Å². The van der Waals surface area contributed by atoms with Crippen molar-refractivity contribution in [1.82, 2.24) is 0 Å². The van der Waals surface area contributed by atoms with E-state index in [0.29, 0.717) is 6.61 Å². The third-order valence-corrected chi connectivity index (χ3v) is 2.60. The van der Waals surface area contributed by atoms with Gasteiger partial charge < -0.3 is 18.9 Å². The van der Waals surface area contributed by atoms with Gasteiger partial charge in [0, 0.05) is 20.8 Å². The summed E-state index contributed by atoms with van der Waals surface area (Å²) in [4.78, 5) is 0. The molecule has 0 bridgehead atoms. The van der Waals surface area contributed by atoms with Gasteiger partial charge in [0.1, 0.15) is 24.9 Å². The topological polar surface area (TPSA) is 36.9 Å². The molecule has 1 fully saturated rings. The first-order valence-corrected chi connectivity index (χ1v) is 5.40. The molecule has 4 heteroatoms. The molecule has 4 nitrogen and oxygen atoms in total. The molecular weight excluding hydrogens is 196 g/mol. The molecule has 1 aliphatic rings. The first-order valence-electron chi connectivity index (χ1n) is 5.40. The van der Waals surface area contributed by atoms with E-state index in [1.165, 1.54) is 0 Å². The van der Waals surface area contributed by atoms with Gasteiger partial charge in [0.2, 0.25) is 0 Å². The van der Waals surface area contributed by atoms with Crippen molar-refractivity contribution in [2.45, 2.75) is 44.7 Å². The van der Waals surface area contributed by atoms with Crippen molar-refractivity contribution in [1.29, 1.82) is 0 Å². The molecule has 4 unspecified atom stereocenters. The van der Waals surface area contributed by atoms with Crippen LogP contribution in [0.5, 0.6) is 0 Å². The quantitative estimate of drug-likeness (QED) is 0.697. The minimum atomic E-state index is -0.155. The lowest BCUT2D eigenvalue weighted by molar-refractivity contribution is -0.192. The molecule has 1 heterocycles. The van der Waals surface area contributed by atoms with E-state index in [1.807, 2.05) is 6.92 Å². The van der Waals surface area contributed by atoms with Crippen molar-refractivity contribution in [3.63, 3.8) is 0 Å². The maximum absolute atomic E-state index is 5.75. The summed E-state index contributed by atoms with van der Waals surface area (Å²) in [5.41, 5.74) is 0. The van der Waals surface area contributed by atoms with E-state index in [4.69, 9.17) is 18.9 Å². The highest BCUT2D eigenvalue weighted by Gasteiger charge is 2.40. The molecule has 1 saturated heterocycles. The smallest absolute Gasteiger partial charge is 0.116 e. The Labute approximate surface area is 91.8 Å². The number of hydrogen-bond donors (Lipinski definition) is 0. The van der Waals surface area contributed by atoms with Crippen LogP contribution in [0.1, 0.15) is 20.3 Å². The average molecular weight is 217 g/mol. The molecule has 1 radical (unpaired) electrons. The SMILES string of the molecule is CCCOC1C(OC)[CH]OC(C)C1OC. The first kappa shape index (κ1) is 12.9. The van der Waals surface area contributed by atoms with E-state index in [2.05, 4.69) is 6.92 Å². The molecule has 0 amide bonds. The molecule has 4 atom stereocenters. The maximum Gasteiger partial charge on any atom is 0.116 e. The number of ether oxygens (including phenoxy) is 4. The van der Waals surface area contributed by atoms with Gasteiger partial charge in [-0.15, -0.1) is 0 Å². The van der Waals surface area contributed by atoms with Crippen LogP contribution in [0.4, 0.5) is 0 Å². The van der Waals surface area contributed by atoms with E-state index in [0.717, 1.165) is 6.42 Å². The molecule has 0 spiro atoms. The second-order valence-corrected chi connectivity index (χ2v) is 3.71. The molecule has 0 aromatic carbocycles. The van der Waals surface area contributed by atoms with Crippen molar-refractivity contribution in [3.05, 3.63) is 6.61 Å². The standard InChI is InChI=1S/C11H21O4/c1-5-6-14-11-9(12-3)7-15-8(2)10(11)13-4/h7-11H,5-6H2,1-4H3. The fourth-order valence-electron chi connectivity index (χ4n) is 1.77. The van der Waals surface area contributed by atoms with Crippen LogP contribution in [0.15, 0.2) is 0 Å². The van der Waals surface area contributed by atoms with Gasteiger partial charge in [-0.2, -0.15) is 0 Å². The zero-order valence-electron chi connectivity index (χ0n) is 9.93. The van der Waals surface area contributed by atoms with Crippen LogP contribution in [-0.4, -0.2) is 45.2 Å². The molecule has 0 N–H and O–H groups in total. The highest BCUT2D eigenvalue weighted by atomic mass is 16.6. The van der Waals surface area contributed by atoms with Gasteiger partial charge >= 0.3 is 0 Å². The van der Waals surface area contributed by atoms with Crippen LogP contribution in [0, 0.1) is 6.61 Å². The van der Waals surface area contributed by atoms with Crippen molar-refractivity contribution in [3.8, 4) is 0 Å². The number of hydrogen-bond acceptors (Lipinski definition) is 4. The lowest BCUT2D eigenvalue weighted by Gasteiger charge is -2.39. The van der Waals surface area contributed by atoms with E-state index >= 15 is 0 Å². The summed E-state index contributed by atoms with van der Waals surface area (Å²) in [5.74, 6) is 0. The predicted octanol–water partition coefficient (Wildman–Crippen LogP) is 1.39. The lowest BCUT2D eigenvalue weighted by Crippen LogP contribution is -2.52. The summed E-state index contributed by atoms with van der Waals surface area (Å²) in [6, 6.07) is 0. The summed E-state index contributed by atoms with van der Waals surface area (Å²) >= 11 is 0. The molecule has 89 valence electrons. The third kappa shape index (κ3) is 3.14. The molecular formula is C11H21O4. The van der Waals surface area contributed by atoms with Crippen molar-refractivity contribution in [2.24, 2.45) is 0 Å². The minimum absolute atomic E-state index is 0.00301. The van der Waals surface area contributed by atoms with Gasteiger partial charge in [-0.3, -0.25) is 0 Å². The molecule has 0 aliphatic carbocycles. The highest BCUT2D eigenvalue weighted by Crippen LogP contribution is 2.24. The van der Waals surface area contributed by atoms with Crippen molar-refractivity contribution >= 4 is 0 Å². The zero-order chi connectivity index (χ0) is 11.3. The van der Waals surface area contributed by atoms with Crippen molar-refractivity contribution < 1.29 is 18.9 Å². The Morgan fingerprint density at radius 1 is 1.20 bits per heavy atom. The van der Waals surface area contributed by atoms with E-state index in [1.54, 1.807) is 20.8 Å². The monoisotopic (exact) mass is 217 g/mol. The minimum Gasteiger partial charge on any atom is -0.376 e. The first-order chi connectivity index (χ1) is 7.24. The molecule has 0 saturated carbocycles. The Hall–Kier alpha value is -0.160. The zero-order valence-corrected chi connectivity index (χ0v) is 9.93. The van der Waals surface area contributed by atoms with Crippen LogP contribution in [0.3, 0.4) is 0 Å². The number of methoxy groups -OCH3 is 2.